The molecule has 0 radical (unpaired) electrons. The van der Waals surface area contributed by atoms with Gasteiger partial charge in [-0.25, -0.2) is 18.1 Å². The summed E-state index contributed by atoms with van der Waals surface area (Å²) in [5.41, 5.74) is 3.82. The van der Waals surface area contributed by atoms with Gasteiger partial charge in [-0.15, -0.1) is 0 Å². The summed E-state index contributed by atoms with van der Waals surface area (Å²) in [5, 5.41) is 8.18. The second-order valence-corrected chi connectivity index (χ2v) is 11.2. The molecule has 0 atom stereocenters. The van der Waals surface area contributed by atoms with Crippen LogP contribution in [0.3, 0.4) is 0 Å². The fourth-order valence-corrected chi connectivity index (χ4v) is 6.37. The number of anilines is 1. The van der Waals surface area contributed by atoms with E-state index in [-0.39, 0.29) is 17.9 Å². The van der Waals surface area contributed by atoms with Crippen molar-refractivity contribution >= 4 is 32.7 Å². The molecule has 5 rings (SSSR count). The molecule has 1 fully saturated rings. The fourth-order valence-electron chi connectivity index (χ4n) is 4.85. The number of piperidine rings is 1. The molecule has 1 aliphatic heterocycles. The molecule has 8 nitrogen and oxygen atoms in total. The second kappa shape index (κ2) is 8.53. The number of sulfonamides is 1. The zero-order valence-electron chi connectivity index (χ0n) is 19.0. The predicted molar refractivity (Wildman–Crippen MR) is 126 cm³/mol. The van der Waals surface area contributed by atoms with Crippen LogP contribution in [0.1, 0.15) is 50.3 Å². The van der Waals surface area contributed by atoms with Gasteiger partial charge in [0.1, 0.15) is 0 Å². The molecule has 1 saturated heterocycles. The van der Waals surface area contributed by atoms with Gasteiger partial charge in [0.2, 0.25) is 15.9 Å². The lowest BCUT2D eigenvalue weighted by atomic mass is 9.97. The predicted octanol–water partition coefficient (Wildman–Crippen LogP) is 3.54. The fraction of sp³-hybridized carbons (Fsp3) is 0.458. The maximum absolute atomic E-state index is 13.1. The van der Waals surface area contributed by atoms with Crippen LogP contribution in [-0.4, -0.2) is 46.5 Å². The number of hydrogen-bond donors (Lipinski definition) is 1. The number of aryl methyl sites for hydroxylation is 2. The lowest BCUT2D eigenvalue weighted by Crippen LogP contribution is -2.41. The highest BCUT2D eigenvalue weighted by atomic mass is 32.2. The van der Waals surface area contributed by atoms with Crippen molar-refractivity contribution in [1.82, 2.24) is 19.1 Å². The van der Waals surface area contributed by atoms with Gasteiger partial charge >= 0.3 is 0 Å². The molecule has 0 spiro atoms. The molecule has 33 heavy (non-hydrogen) atoms. The highest BCUT2D eigenvalue weighted by molar-refractivity contribution is 7.89. The normalized spacial score (nSPS) is 17.5. The lowest BCUT2D eigenvalue weighted by Gasteiger charge is -2.30. The standard InChI is InChI=1S/C24H29N5O3S/c1-16(2)29-23-20(14-26-29)12-21(15-25-23)27-24(30)18-8-10-28(11-9-18)33(31,32)22-7-6-17-4-3-5-19(17)13-22/h6-7,12-16,18H,3-5,8-11H2,1-2H3,(H,27,30). The molecule has 9 heteroatoms. The van der Waals surface area contributed by atoms with Gasteiger partial charge in [-0.05, 0) is 75.3 Å². The number of carbonyl (C=O) groups excluding carboxylic acids is 1. The smallest absolute Gasteiger partial charge is 0.243 e. The van der Waals surface area contributed by atoms with E-state index < -0.39 is 10.0 Å². The number of nitrogens with one attached hydrogen (secondary N) is 1. The Bertz CT molecular complexity index is 1310. The average Bonchev–Trinajstić information content (AvgIpc) is 3.45. The maximum Gasteiger partial charge on any atom is 0.243 e. The first-order valence-corrected chi connectivity index (χ1v) is 13.0. The first kappa shape index (κ1) is 22.0. The van der Waals surface area contributed by atoms with Crippen LogP contribution in [0, 0.1) is 5.92 Å². The summed E-state index contributed by atoms with van der Waals surface area (Å²) in [5.74, 6) is -0.326. The number of benzene rings is 1. The van der Waals surface area contributed by atoms with E-state index in [1.807, 2.05) is 36.7 Å². The van der Waals surface area contributed by atoms with E-state index in [2.05, 4.69) is 15.4 Å². The van der Waals surface area contributed by atoms with E-state index >= 15 is 0 Å². The molecule has 3 heterocycles. The summed E-state index contributed by atoms with van der Waals surface area (Å²) in [4.78, 5) is 17.7. The van der Waals surface area contributed by atoms with Gasteiger partial charge in [0, 0.05) is 30.4 Å². The summed E-state index contributed by atoms with van der Waals surface area (Å²) >= 11 is 0. The van der Waals surface area contributed by atoms with Gasteiger partial charge in [-0.3, -0.25) is 4.79 Å². The molecule has 1 aromatic carbocycles. The first-order chi connectivity index (χ1) is 15.8. The molecule has 2 aliphatic rings. The van der Waals surface area contributed by atoms with E-state index in [0.717, 1.165) is 35.9 Å². The number of nitrogens with zero attached hydrogens (tertiary/aromatic N) is 4. The Hall–Kier alpha value is -2.78. The number of amides is 1. The highest BCUT2D eigenvalue weighted by Crippen LogP contribution is 2.29. The van der Waals surface area contributed by atoms with E-state index in [0.29, 0.717) is 36.5 Å². The van der Waals surface area contributed by atoms with Crippen molar-refractivity contribution in [2.24, 2.45) is 5.92 Å². The largest absolute Gasteiger partial charge is 0.324 e. The minimum Gasteiger partial charge on any atom is -0.324 e. The van der Waals surface area contributed by atoms with Crippen LogP contribution >= 0.6 is 0 Å². The Kier molecular flexibility index (Phi) is 5.70. The number of carbonyl (C=O) groups is 1. The van der Waals surface area contributed by atoms with Crippen LogP contribution < -0.4 is 5.32 Å². The average molecular weight is 468 g/mol. The summed E-state index contributed by atoms with van der Waals surface area (Å²) < 4.78 is 29.6. The molecular weight excluding hydrogens is 438 g/mol. The highest BCUT2D eigenvalue weighted by Gasteiger charge is 2.32. The summed E-state index contributed by atoms with van der Waals surface area (Å²) in [6.45, 7) is 4.77. The molecule has 3 aromatic rings. The minimum atomic E-state index is -3.54. The zero-order valence-corrected chi connectivity index (χ0v) is 19.8. The number of aromatic nitrogens is 3. The molecular formula is C24H29N5O3S. The van der Waals surface area contributed by atoms with Crippen LogP contribution in [0.15, 0.2) is 41.6 Å². The molecule has 0 saturated carbocycles. The molecule has 174 valence electrons. The van der Waals surface area contributed by atoms with E-state index in [1.165, 1.54) is 9.87 Å². The summed E-state index contributed by atoms with van der Waals surface area (Å²) in [6, 6.07) is 7.59. The second-order valence-electron chi connectivity index (χ2n) is 9.27. The molecule has 0 unspecified atom stereocenters. The van der Waals surface area contributed by atoms with Gasteiger partial charge in [0.05, 0.1) is 23.0 Å². The van der Waals surface area contributed by atoms with Crippen LogP contribution in [0.25, 0.3) is 11.0 Å². The Labute approximate surface area is 194 Å². The van der Waals surface area contributed by atoms with Gasteiger partial charge in [0.25, 0.3) is 0 Å². The Morgan fingerprint density at radius 2 is 1.85 bits per heavy atom. The van der Waals surface area contributed by atoms with Crippen molar-refractivity contribution in [1.29, 1.82) is 0 Å². The van der Waals surface area contributed by atoms with Gasteiger partial charge in [0.15, 0.2) is 5.65 Å². The van der Waals surface area contributed by atoms with Crippen molar-refractivity contribution in [3.63, 3.8) is 0 Å². The van der Waals surface area contributed by atoms with Crippen molar-refractivity contribution in [2.45, 2.75) is 56.9 Å². The molecule has 1 aliphatic carbocycles. The van der Waals surface area contributed by atoms with Crippen LogP contribution in [0.4, 0.5) is 5.69 Å². The molecule has 2 aromatic heterocycles. The molecule has 1 N–H and O–H groups in total. The quantitative estimate of drug-likeness (QED) is 0.619. The number of hydrogen-bond acceptors (Lipinski definition) is 5. The van der Waals surface area contributed by atoms with E-state index in [4.69, 9.17) is 0 Å². The Balaban J connectivity index is 1.22. The minimum absolute atomic E-state index is 0.0954. The van der Waals surface area contributed by atoms with E-state index in [9.17, 15) is 13.2 Å². The third-order valence-corrected chi connectivity index (χ3v) is 8.62. The SMILES string of the molecule is CC(C)n1ncc2cc(NC(=O)C3CCN(S(=O)(=O)c4ccc5c(c4)CCC5)CC3)cnc21. The van der Waals surface area contributed by atoms with Crippen molar-refractivity contribution < 1.29 is 13.2 Å². The van der Waals surface area contributed by atoms with Crippen LogP contribution in [-0.2, 0) is 27.7 Å². The summed E-state index contributed by atoms with van der Waals surface area (Å²) in [7, 11) is -3.54. The molecule has 0 bridgehead atoms. The van der Waals surface area contributed by atoms with Gasteiger partial charge in [-0.2, -0.15) is 9.40 Å². The van der Waals surface area contributed by atoms with Crippen molar-refractivity contribution in [2.75, 3.05) is 18.4 Å². The lowest BCUT2D eigenvalue weighted by molar-refractivity contribution is -0.120. The Morgan fingerprint density at radius 3 is 2.61 bits per heavy atom. The number of fused-ring (bicyclic) bond motifs is 2. The monoisotopic (exact) mass is 467 g/mol. The topological polar surface area (TPSA) is 97.2 Å². The van der Waals surface area contributed by atoms with Crippen molar-refractivity contribution in [3.05, 3.63) is 47.8 Å². The van der Waals surface area contributed by atoms with E-state index in [1.54, 1.807) is 18.5 Å². The van der Waals surface area contributed by atoms with Gasteiger partial charge in [-0.1, -0.05) is 6.07 Å². The third-order valence-electron chi connectivity index (χ3n) is 6.72. The van der Waals surface area contributed by atoms with Crippen LogP contribution in [0.5, 0.6) is 0 Å². The number of rotatable bonds is 5. The maximum atomic E-state index is 13.1. The summed E-state index contributed by atoms with van der Waals surface area (Å²) in [6.07, 6.45) is 7.45. The van der Waals surface area contributed by atoms with Crippen molar-refractivity contribution in [3.8, 4) is 0 Å². The number of pyridine rings is 1. The first-order valence-electron chi connectivity index (χ1n) is 11.6. The van der Waals surface area contributed by atoms with Crippen LogP contribution in [0.2, 0.25) is 0 Å². The zero-order chi connectivity index (χ0) is 23.2. The Morgan fingerprint density at radius 1 is 1.09 bits per heavy atom. The third kappa shape index (κ3) is 4.15. The molecule has 1 amide bonds. The van der Waals surface area contributed by atoms with Gasteiger partial charge < -0.3 is 5.32 Å².